The highest BCUT2D eigenvalue weighted by Crippen LogP contribution is 2.36. The van der Waals surface area contributed by atoms with Crippen molar-refractivity contribution >= 4 is 66.6 Å². The van der Waals surface area contributed by atoms with Gasteiger partial charge in [-0.15, -0.1) is 0 Å². The van der Waals surface area contributed by atoms with Crippen LogP contribution in [-0.4, -0.2) is 12.6 Å². The number of nitrogens with zero attached hydrogens (tertiary/aromatic N) is 1. The molecule has 8 aromatic rings. The van der Waals surface area contributed by atoms with Crippen LogP contribution in [0, 0.1) is 0 Å². The van der Waals surface area contributed by atoms with Crippen LogP contribution in [0.25, 0.3) is 38.6 Å². The Morgan fingerprint density at radius 2 is 0.956 bits per heavy atom. The molecular weight excluding hydrogens is 626 g/mol. The fourth-order valence-corrected chi connectivity index (χ4v) is 11.9. The van der Waals surface area contributed by atoms with Crippen molar-refractivity contribution in [3.05, 3.63) is 186 Å². The van der Waals surface area contributed by atoms with Gasteiger partial charge in [-0.05, 0) is 74.3 Å². The van der Waals surface area contributed by atoms with E-state index in [0.717, 1.165) is 32.0 Å². The van der Waals surface area contributed by atoms with E-state index in [2.05, 4.69) is 148 Å². The Balaban J connectivity index is 1.35. The third-order valence-corrected chi connectivity index (χ3v) is 14.0. The monoisotopic (exact) mass is 660 g/mol. The van der Waals surface area contributed by atoms with Crippen LogP contribution in [-0.2, 0) is 0 Å². The Hall–Kier alpha value is -4.96. The van der Waals surface area contributed by atoms with Gasteiger partial charge in [0, 0.05) is 20.9 Å². The molecule has 8 rings (SSSR count). The molecule has 0 atom stereocenters. The molecule has 1 nitrogen and oxygen atoms in total. The summed E-state index contributed by atoms with van der Waals surface area (Å²) in [4.78, 5) is 0. The van der Waals surface area contributed by atoms with Gasteiger partial charge in [0.2, 0.25) is 0 Å². The fraction of sp³-hybridized carbons (Fsp3) is 0. The number of hydrogen-bond donors (Lipinski definition) is 0. The standard InChI is InChI=1S/C42H30BrNSi/c43-33-22-28-42-40(30-33)39-29-32(31-13-5-1-6-14-31)21-27-41(39)44(42)34-23-25-38(26-24-34)45(35-15-7-2-8-16-35,36-17-9-3-10-18-36)37-19-11-4-12-20-37/h1-30H/i1D,5D,6D,13D,14D. The maximum absolute atomic E-state index is 8.59. The SMILES string of the molecule is [2H]c1c([2H])c([2H])c(-c2ccc3c(c2)c2cc(Br)ccc2n3-c2ccc([Si](c3ccccc3)(c3ccccc3)c3ccccc3)cc2)c([2H])c1[2H]. The molecule has 3 heteroatoms. The van der Waals surface area contributed by atoms with Crippen molar-refractivity contribution < 1.29 is 6.85 Å². The first-order chi connectivity index (χ1) is 24.3. The number of fused-ring (bicyclic) bond motifs is 3. The lowest BCUT2D eigenvalue weighted by Gasteiger charge is -2.34. The topological polar surface area (TPSA) is 4.93 Å². The Morgan fingerprint density at radius 3 is 1.51 bits per heavy atom. The van der Waals surface area contributed by atoms with Gasteiger partial charge in [0.05, 0.1) is 17.9 Å². The fourth-order valence-electron chi connectivity index (χ4n) is 6.75. The van der Waals surface area contributed by atoms with Crippen LogP contribution >= 0.6 is 15.9 Å². The Kier molecular flexibility index (Phi) is 5.77. The first kappa shape index (κ1) is 22.5. The molecule has 0 N–H and O–H groups in total. The van der Waals surface area contributed by atoms with E-state index in [9.17, 15) is 0 Å². The molecule has 0 aliphatic heterocycles. The molecule has 0 bridgehead atoms. The average molecular weight is 662 g/mol. The van der Waals surface area contributed by atoms with E-state index in [1.807, 2.05) is 24.3 Å². The Morgan fingerprint density at radius 1 is 0.467 bits per heavy atom. The lowest BCUT2D eigenvalue weighted by molar-refractivity contribution is 1.18. The van der Waals surface area contributed by atoms with Crippen LogP contribution in [0.15, 0.2) is 186 Å². The highest BCUT2D eigenvalue weighted by atomic mass is 79.9. The van der Waals surface area contributed by atoms with Crippen molar-refractivity contribution in [3.8, 4) is 16.8 Å². The molecule has 0 amide bonds. The maximum Gasteiger partial charge on any atom is 0.179 e. The smallest absolute Gasteiger partial charge is 0.179 e. The van der Waals surface area contributed by atoms with Gasteiger partial charge >= 0.3 is 0 Å². The molecule has 1 heterocycles. The van der Waals surface area contributed by atoms with Gasteiger partial charge in [-0.25, -0.2) is 0 Å². The number of rotatable bonds is 6. The second-order valence-electron chi connectivity index (χ2n) is 11.1. The van der Waals surface area contributed by atoms with Gasteiger partial charge in [-0.1, -0.05) is 155 Å². The quantitative estimate of drug-likeness (QED) is 0.124. The summed E-state index contributed by atoms with van der Waals surface area (Å²) < 4.78 is 44.9. The number of aromatic nitrogens is 1. The van der Waals surface area contributed by atoms with E-state index in [0.29, 0.717) is 5.56 Å². The van der Waals surface area contributed by atoms with Gasteiger partial charge in [-0.2, -0.15) is 0 Å². The Bertz CT molecular complexity index is 2410. The van der Waals surface area contributed by atoms with Crippen molar-refractivity contribution in [2.75, 3.05) is 0 Å². The minimum Gasteiger partial charge on any atom is -0.309 e. The van der Waals surface area contributed by atoms with Crippen molar-refractivity contribution in [1.82, 2.24) is 4.57 Å². The minimum absolute atomic E-state index is 0.196. The van der Waals surface area contributed by atoms with Crippen LogP contribution in [0.2, 0.25) is 0 Å². The number of benzene rings is 7. The second kappa shape index (κ2) is 11.5. The largest absolute Gasteiger partial charge is 0.309 e. The summed E-state index contributed by atoms with van der Waals surface area (Å²) in [6.45, 7) is 0. The van der Waals surface area contributed by atoms with Gasteiger partial charge in [-0.3, -0.25) is 0 Å². The first-order valence-corrected chi connectivity index (χ1v) is 17.7. The molecule has 0 radical (unpaired) electrons. The van der Waals surface area contributed by atoms with Gasteiger partial charge in [0.15, 0.2) is 8.07 Å². The summed E-state index contributed by atoms with van der Waals surface area (Å²) in [5.74, 6) is 0. The van der Waals surface area contributed by atoms with E-state index in [-0.39, 0.29) is 29.7 Å². The summed E-state index contributed by atoms with van der Waals surface area (Å²) >= 11 is 3.66. The molecule has 0 aliphatic rings. The second-order valence-corrected chi connectivity index (χ2v) is 15.8. The minimum atomic E-state index is -2.69. The molecule has 0 saturated carbocycles. The van der Waals surface area contributed by atoms with Crippen molar-refractivity contribution in [1.29, 1.82) is 0 Å². The van der Waals surface area contributed by atoms with E-state index >= 15 is 0 Å². The normalized spacial score (nSPS) is 13.2. The van der Waals surface area contributed by atoms with Crippen molar-refractivity contribution in [3.63, 3.8) is 0 Å². The van der Waals surface area contributed by atoms with Crippen LogP contribution in [0.5, 0.6) is 0 Å². The highest BCUT2D eigenvalue weighted by molar-refractivity contribution is 9.10. The molecule has 0 unspecified atom stereocenters. The van der Waals surface area contributed by atoms with Crippen LogP contribution < -0.4 is 20.7 Å². The van der Waals surface area contributed by atoms with Gasteiger partial charge in [0.25, 0.3) is 0 Å². The molecule has 45 heavy (non-hydrogen) atoms. The zero-order valence-electron chi connectivity index (χ0n) is 29.3. The third kappa shape index (κ3) is 4.67. The summed E-state index contributed by atoms with van der Waals surface area (Å²) in [6.07, 6.45) is 0. The molecule has 0 aliphatic carbocycles. The van der Waals surface area contributed by atoms with E-state index in [1.165, 1.54) is 20.7 Å². The van der Waals surface area contributed by atoms with E-state index < -0.39 is 14.1 Å². The Labute approximate surface area is 280 Å². The lowest BCUT2D eigenvalue weighted by atomic mass is 10.0. The molecule has 0 spiro atoms. The summed E-state index contributed by atoms with van der Waals surface area (Å²) in [6, 6.07) is 52.1. The zero-order chi connectivity index (χ0) is 34.6. The van der Waals surface area contributed by atoms with E-state index in [4.69, 9.17) is 6.85 Å². The van der Waals surface area contributed by atoms with Crippen LogP contribution in [0.3, 0.4) is 0 Å². The predicted octanol–water partition coefficient (Wildman–Crippen LogP) is 8.59. The molecule has 214 valence electrons. The van der Waals surface area contributed by atoms with E-state index in [1.54, 1.807) is 0 Å². The average Bonchev–Trinajstić information content (AvgIpc) is 3.48. The molecule has 0 saturated heterocycles. The van der Waals surface area contributed by atoms with Gasteiger partial charge in [0.1, 0.15) is 0 Å². The van der Waals surface area contributed by atoms with Crippen molar-refractivity contribution in [2.45, 2.75) is 0 Å². The molecule has 0 fully saturated rings. The molecule has 1 aromatic heterocycles. The molecular formula is C42H30BrNSi. The summed E-state index contributed by atoms with van der Waals surface area (Å²) in [5, 5.41) is 7.13. The predicted molar refractivity (Wildman–Crippen MR) is 198 cm³/mol. The van der Waals surface area contributed by atoms with Crippen LogP contribution in [0.1, 0.15) is 6.85 Å². The summed E-state index contributed by atoms with van der Waals surface area (Å²) in [7, 11) is -2.69. The lowest BCUT2D eigenvalue weighted by Crippen LogP contribution is -2.74. The first-order valence-electron chi connectivity index (χ1n) is 17.4. The van der Waals surface area contributed by atoms with Crippen LogP contribution in [0.4, 0.5) is 0 Å². The highest BCUT2D eigenvalue weighted by Gasteiger charge is 2.41. The zero-order valence-corrected chi connectivity index (χ0v) is 26.8. The number of halogens is 1. The maximum atomic E-state index is 8.59. The third-order valence-electron chi connectivity index (χ3n) is 8.69. The molecule has 7 aromatic carbocycles. The summed E-state index contributed by atoms with van der Waals surface area (Å²) in [5.41, 5.74) is 3.74. The van der Waals surface area contributed by atoms with Crippen molar-refractivity contribution in [2.24, 2.45) is 0 Å². The van der Waals surface area contributed by atoms with Gasteiger partial charge < -0.3 is 4.57 Å². The number of hydrogen-bond acceptors (Lipinski definition) is 0.